The molecule has 1 unspecified atom stereocenters. The first kappa shape index (κ1) is 26.3. The van der Waals surface area contributed by atoms with Gasteiger partial charge in [-0.1, -0.05) is 24.3 Å². The van der Waals surface area contributed by atoms with Gasteiger partial charge >= 0.3 is 13.7 Å². The van der Waals surface area contributed by atoms with Gasteiger partial charge in [0.2, 0.25) is 0 Å². The van der Waals surface area contributed by atoms with Crippen LogP contribution in [0.5, 0.6) is 5.75 Å². The fourth-order valence-corrected chi connectivity index (χ4v) is 4.89. The van der Waals surface area contributed by atoms with Crippen LogP contribution in [0.1, 0.15) is 13.3 Å². The maximum atomic E-state index is 13.4. The highest BCUT2D eigenvalue weighted by Crippen LogP contribution is 2.45. The van der Waals surface area contributed by atoms with Crippen molar-refractivity contribution in [3.05, 3.63) is 54.4 Å². The van der Waals surface area contributed by atoms with Gasteiger partial charge in [-0.05, 0) is 25.5 Å². The van der Waals surface area contributed by atoms with Gasteiger partial charge < -0.3 is 39.3 Å². The largest absolute Gasteiger partial charge is 0.468 e. The Morgan fingerprint density at radius 2 is 1.97 bits per heavy atom. The van der Waals surface area contributed by atoms with Crippen LogP contribution in [0, 0.1) is 0 Å². The zero-order valence-electron chi connectivity index (χ0n) is 18.6. The monoisotopic (exact) mass is 500 g/mol. The van der Waals surface area contributed by atoms with Gasteiger partial charge in [0, 0.05) is 18.0 Å². The summed E-state index contributed by atoms with van der Waals surface area (Å²) in [4.78, 5) is 13.2. The van der Waals surface area contributed by atoms with Crippen molar-refractivity contribution >= 4 is 13.7 Å². The second-order valence-electron chi connectivity index (χ2n) is 7.73. The first-order valence-electron chi connectivity index (χ1n) is 10.5. The van der Waals surface area contributed by atoms with Crippen molar-refractivity contribution in [2.45, 2.75) is 50.2 Å². The van der Waals surface area contributed by atoms with Crippen LogP contribution in [0.15, 0.2) is 54.4 Å². The van der Waals surface area contributed by atoms with Crippen molar-refractivity contribution in [3.8, 4) is 5.75 Å². The van der Waals surface area contributed by atoms with Crippen LogP contribution in [0.3, 0.4) is 0 Å². The summed E-state index contributed by atoms with van der Waals surface area (Å²) in [5.41, 5.74) is 0.272. The first-order chi connectivity index (χ1) is 16.1. The van der Waals surface area contributed by atoms with Crippen molar-refractivity contribution in [1.29, 1.82) is 0 Å². The number of carbonyl (C=O) groups is 1. The van der Waals surface area contributed by atoms with Crippen LogP contribution in [0.4, 0.5) is 0 Å². The summed E-state index contributed by atoms with van der Waals surface area (Å²) < 4.78 is 34.8. The summed E-state index contributed by atoms with van der Waals surface area (Å²) in [5.74, 6) is -0.487. The number of esters is 1. The van der Waals surface area contributed by atoms with Gasteiger partial charge in [-0.15, -0.1) is 0 Å². The first-order valence-corrected chi connectivity index (χ1v) is 12.0. The molecule has 5 N–H and O–H groups in total. The average molecular weight is 500 g/mol. The molecule has 0 radical (unpaired) electrons. The molecule has 12 nitrogen and oxygen atoms in total. The highest BCUT2D eigenvalue weighted by atomic mass is 31.2. The zero-order chi connectivity index (χ0) is 24.9. The molecule has 1 fully saturated rings. The second kappa shape index (κ2) is 11.4. The van der Waals surface area contributed by atoms with Crippen LogP contribution in [-0.4, -0.2) is 81.9 Å². The van der Waals surface area contributed by atoms with Gasteiger partial charge in [-0.3, -0.25) is 9.32 Å². The summed E-state index contributed by atoms with van der Waals surface area (Å²) in [6, 6.07) is 7.10. The summed E-state index contributed by atoms with van der Waals surface area (Å²) in [5, 5.41) is 42.2. The van der Waals surface area contributed by atoms with Crippen LogP contribution in [0.25, 0.3) is 0 Å². The highest BCUT2D eigenvalue weighted by Gasteiger charge is 2.46. The third kappa shape index (κ3) is 6.44. The predicted molar refractivity (Wildman–Crippen MR) is 118 cm³/mol. The topological polar surface area (TPSA) is 167 Å². The lowest BCUT2D eigenvalue weighted by atomic mass is 10.1. The molecule has 0 aromatic heterocycles. The van der Waals surface area contributed by atoms with E-state index in [4.69, 9.17) is 13.8 Å². The molecule has 0 spiro atoms. The Bertz CT molecular complexity index is 941. The van der Waals surface area contributed by atoms with Gasteiger partial charge in [-0.25, -0.2) is 4.57 Å². The third-order valence-electron chi connectivity index (χ3n) is 5.19. The molecule has 3 rings (SSSR count). The van der Waals surface area contributed by atoms with Gasteiger partial charge in [0.25, 0.3) is 0 Å². The zero-order valence-corrected chi connectivity index (χ0v) is 19.5. The van der Waals surface area contributed by atoms with Crippen molar-refractivity contribution in [2.75, 3.05) is 13.7 Å². The quantitative estimate of drug-likeness (QED) is 0.168. The molecule has 188 valence electrons. The molecule has 34 heavy (non-hydrogen) atoms. The van der Waals surface area contributed by atoms with E-state index in [1.165, 1.54) is 25.1 Å². The van der Waals surface area contributed by atoms with E-state index in [-0.39, 0.29) is 11.3 Å². The maximum Gasteiger partial charge on any atom is 0.459 e. The van der Waals surface area contributed by atoms with Crippen LogP contribution < -0.4 is 9.61 Å². The lowest BCUT2D eigenvalue weighted by molar-refractivity contribution is -0.142. The minimum absolute atomic E-state index is 0.208. The van der Waals surface area contributed by atoms with E-state index in [1.54, 1.807) is 42.6 Å². The number of ether oxygens (including phenoxy) is 2. The minimum atomic E-state index is -4.17. The number of hydrogen-bond donors (Lipinski definition) is 5. The molecule has 2 aliphatic heterocycles. The number of benzene rings is 1. The molecule has 0 saturated carbocycles. The number of rotatable bonds is 10. The molecule has 1 saturated heterocycles. The Morgan fingerprint density at radius 1 is 1.26 bits per heavy atom. The second-order valence-corrected chi connectivity index (χ2v) is 9.43. The summed E-state index contributed by atoms with van der Waals surface area (Å²) in [6.45, 7) is 0.954. The van der Waals surface area contributed by atoms with Crippen molar-refractivity contribution in [1.82, 2.24) is 9.99 Å². The fourth-order valence-electron chi connectivity index (χ4n) is 3.39. The standard InChI is InChI=1S/C21H29N2O10P/c1-13(21(28)30-2)22-34(29,33-15-8-4-3-5-9-15)31-12-16-17(24)18(25)19(32-16)23-10-6-7-14(11-23)20(26)27/h3-6,8-11,13,16-20,24-27H,7,12H2,1-2H3,(H,22,29)/t13-,16+,17+,18+,19+,34?/m0/s1. The number of nitrogens with zero attached hydrogens (tertiary/aromatic N) is 1. The maximum absolute atomic E-state index is 13.4. The molecular weight excluding hydrogens is 471 g/mol. The number of nitrogens with one attached hydrogen (secondary N) is 1. The number of aliphatic hydroxyl groups is 4. The van der Waals surface area contributed by atoms with Crippen LogP contribution in [0.2, 0.25) is 0 Å². The lowest BCUT2D eigenvalue weighted by Crippen LogP contribution is -2.40. The Morgan fingerprint density at radius 3 is 2.62 bits per heavy atom. The normalized spacial score (nSPS) is 27.3. The molecule has 1 aromatic carbocycles. The molecule has 2 aliphatic rings. The summed E-state index contributed by atoms with van der Waals surface area (Å²) >= 11 is 0. The predicted octanol–water partition coefficient (Wildman–Crippen LogP) is 0.202. The van der Waals surface area contributed by atoms with E-state index in [9.17, 15) is 29.8 Å². The van der Waals surface area contributed by atoms with E-state index in [0.717, 1.165) is 0 Å². The van der Waals surface area contributed by atoms with E-state index in [2.05, 4.69) is 9.82 Å². The van der Waals surface area contributed by atoms with Crippen molar-refractivity contribution < 1.29 is 48.3 Å². The number of hydrogen-bond acceptors (Lipinski definition) is 11. The summed E-state index contributed by atoms with van der Waals surface area (Å²) in [6.07, 6.45) is -1.76. The Kier molecular flexibility index (Phi) is 8.85. The van der Waals surface area contributed by atoms with E-state index in [1.807, 2.05) is 0 Å². The molecule has 0 bridgehead atoms. The molecule has 6 atom stereocenters. The Hall–Kier alpha value is -2.28. The number of aliphatic hydroxyl groups excluding tert-OH is 3. The minimum Gasteiger partial charge on any atom is -0.468 e. The van der Waals surface area contributed by atoms with Gasteiger partial charge in [0.05, 0.1) is 13.7 Å². The smallest absolute Gasteiger partial charge is 0.459 e. The number of methoxy groups -OCH3 is 1. The molecular formula is C21H29N2O10P. The lowest BCUT2D eigenvalue weighted by Gasteiger charge is -2.29. The fraction of sp³-hybridized carbons (Fsp3) is 0.476. The van der Waals surface area contributed by atoms with Crippen LogP contribution >= 0.6 is 7.75 Å². The highest BCUT2D eigenvalue weighted by molar-refractivity contribution is 7.52. The van der Waals surface area contributed by atoms with E-state index in [0.29, 0.717) is 6.42 Å². The van der Waals surface area contributed by atoms with Crippen LogP contribution in [-0.2, 0) is 23.4 Å². The van der Waals surface area contributed by atoms with Crippen molar-refractivity contribution in [3.63, 3.8) is 0 Å². The summed E-state index contributed by atoms with van der Waals surface area (Å²) in [7, 11) is -2.99. The Balaban J connectivity index is 1.71. The molecule has 2 heterocycles. The number of carbonyl (C=O) groups excluding carboxylic acids is 1. The number of allylic oxidation sites excluding steroid dienone is 1. The molecule has 1 aromatic rings. The van der Waals surface area contributed by atoms with Gasteiger partial charge in [0.15, 0.2) is 12.5 Å². The number of para-hydroxylation sites is 1. The van der Waals surface area contributed by atoms with E-state index >= 15 is 0 Å². The average Bonchev–Trinajstić information content (AvgIpc) is 3.11. The van der Waals surface area contributed by atoms with Gasteiger partial charge in [-0.2, -0.15) is 5.09 Å². The Labute approximate surface area is 196 Å². The third-order valence-corrected chi connectivity index (χ3v) is 6.84. The molecule has 0 amide bonds. The van der Waals surface area contributed by atoms with E-state index < -0.39 is 57.2 Å². The molecule has 0 aliphatic carbocycles. The van der Waals surface area contributed by atoms with Crippen molar-refractivity contribution in [2.24, 2.45) is 0 Å². The molecule has 13 heteroatoms. The SMILES string of the molecule is COC(=O)[C@H](C)NP(=O)(OC[C@H]1O[C@@H](N2C=CCC(C(O)O)=C2)[C@H](O)[C@@H]1O)Oc1ccccc1. The van der Waals surface area contributed by atoms with Gasteiger partial charge in [0.1, 0.15) is 30.1 Å².